The summed E-state index contributed by atoms with van der Waals surface area (Å²) in [6.07, 6.45) is 0.204. The minimum Gasteiger partial charge on any atom is -0.355 e. The molecule has 1 saturated heterocycles. The molecule has 0 bridgehead atoms. The summed E-state index contributed by atoms with van der Waals surface area (Å²) in [6.45, 7) is 3.36. The average Bonchev–Trinajstić information content (AvgIpc) is 2.20. The Morgan fingerprint density at radius 3 is 2.69 bits per heavy atom. The van der Waals surface area contributed by atoms with Crippen LogP contribution in [0, 0.1) is 5.92 Å². The smallest absolute Gasteiger partial charge is 0.147 e. The summed E-state index contributed by atoms with van der Waals surface area (Å²) in [4.78, 5) is 0. The lowest BCUT2D eigenvalue weighted by Crippen LogP contribution is -2.25. The Hall–Kier alpha value is -0.860. The van der Waals surface area contributed by atoms with Crippen LogP contribution in [0.3, 0.4) is 0 Å². The van der Waals surface area contributed by atoms with E-state index in [9.17, 15) is 0 Å². The summed E-state index contributed by atoms with van der Waals surface area (Å²) in [5.74, 6) is 0.441. The molecular weight excluding hydrogens is 164 g/mol. The van der Waals surface area contributed by atoms with Gasteiger partial charge in [-0.05, 0) is 5.56 Å². The van der Waals surface area contributed by atoms with Crippen molar-refractivity contribution in [2.75, 3.05) is 13.4 Å². The number of hydrogen-bond donors (Lipinski definition) is 0. The topological polar surface area (TPSA) is 18.5 Å². The minimum absolute atomic E-state index is 0.204. The zero-order valence-corrected chi connectivity index (χ0v) is 7.77. The summed E-state index contributed by atoms with van der Waals surface area (Å²) in [5, 5.41) is 0. The van der Waals surface area contributed by atoms with E-state index in [4.69, 9.17) is 9.47 Å². The van der Waals surface area contributed by atoms with E-state index in [1.807, 2.05) is 18.2 Å². The van der Waals surface area contributed by atoms with Gasteiger partial charge in [0.2, 0.25) is 0 Å². The fourth-order valence-corrected chi connectivity index (χ4v) is 1.67. The molecule has 0 radical (unpaired) electrons. The van der Waals surface area contributed by atoms with E-state index in [0.717, 1.165) is 6.61 Å². The van der Waals surface area contributed by atoms with E-state index in [-0.39, 0.29) is 6.10 Å². The second-order valence-electron chi connectivity index (χ2n) is 3.46. The molecule has 1 aliphatic heterocycles. The molecule has 70 valence electrons. The Balaban J connectivity index is 2.15. The van der Waals surface area contributed by atoms with Crippen LogP contribution in [0.25, 0.3) is 0 Å². The van der Waals surface area contributed by atoms with Gasteiger partial charge in [0.15, 0.2) is 0 Å². The number of hydrogen-bond acceptors (Lipinski definition) is 2. The van der Waals surface area contributed by atoms with Gasteiger partial charge in [0.05, 0.1) is 12.7 Å². The van der Waals surface area contributed by atoms with Crippen LogP contribution in [0.4, 0.5) is 0 Å². The van der Waals surface area contributed by atoms with Crippen molar-refractivity contribution in [1.82, 2.24) is 0 Å². The summed E-state index contributed by atoms with van der Waals surface area (Å²) in [7, 11) is 0. The van der Waals surface area contributed by atoms with Gasteiger partial charge in [0.1, 0.15) is 6.79 Å². The highest BCUT2D eigenvalue weighted by Gasteiger charge is 2.23. The molecule has 1 aromatic carbocycles. The van der Waals surface area contributed by atoms with Gasteiger partial charge in [-0.25, -0.2) is 0 Å². The molecule has 0 unspecified atom stereocenters. The molecule has 2 heteroatoms. The molecule has 0 saturated carbocycles. The first-order valence-corrected chi connectivity index (χ1v) is 4.62. The largest absolute Gasteiger partial charge is 0.355 e. The number of benzene rings is 1. The molecule has 0 aromatic heterocycles. The van der Waals surface area contributed by atoms with Crippen molar-refractivity contribution in [1.29, 1.82) is 0 Å². The minimum atomic E-state index is 0.204. The highest BCUT2D eigenvalue weighted by Crippen LogP contribution is 2.28. The fourth-order valence-electron chi connectivity index (χ4n) is 1.67. The van der Waals surface area contributed by atoms with Gasteiger partial charge in [-0.2, -0.15) is 0 Å². The third-order valence-electron chi connectivity index (χ3n) is 2.36. The average molecular weight is 178 g/mol. The normalized spacial score (nSPS) is 28.7. The van der Waals surface area contributed by atoms with Gasteiger partial charge < -0.3 is 9.47 Å². The maximum atomic E-state index is 5.55. The molecule has 1 fully saturated rings. The summed E-state index contributed by atoms with van der Waals surface area (Å²) >= 11 is 0. The first-order valence-electron chi connectivity index (χ1n) is 4.62. The van der Waals surface area contributed by atoms with Crippen LogP contribution in [-0.2, 0) is 9.47 Å². The van der Waals surface area contributed by atoms with Crippen LogP contribution in [0.5, 0.6) is 0 Å². The molecule has 2 atom stereocenters. The molecule has 0 amide bonds. The lowest BCUT2D eigenvalue weighted by molar-refractivity contribution is -0.168. The Morgan fingerprint density at radius 1 is 1.23 bits per heavy atom. The Bertz CT molecular complexity index is 258. The molecular formula is C11H14O2. The van der Waals surface area contributed by atoms with Crippen molar-refractivity contribution in [3.05, 3.63) is 35.9 Å². The summed E-state index contributed by atoms with van der Waals surface area (Å²) < 4.78 is 10.8. The van der Waals surface area contributed by atoms with Gasteiger partial charge >= 0.3 is 0 Å². The molecule has 0 spiro atoms. The van der Waals surface area contributed by atoms with Gasteiger partial charge in [0.25, 0.3) is 0 Å². The van der Waals surface area contributed by atoms with E-state index >= 15 is 0 Å². The van der Waals surface area contributed by atoms with E-state index in [0.29, 0.717) is 12.7 Å². The maximum Gasteiger partial charge on any atom is 0.147 e. The SMILES string of the molecule is C[C@H]1COCO[C@@H]1c1ccccc1. The van der Waals surface area contributed by atoms with Crippen LogP contribution < -0.4 is 0 Å². The summed E-state index contributed by atoms with van der Waals surface area (Å²) in [5.41, 5.74) is 1.25. The van der Waals surface area contributed by atoms with Crippen LogP contribution in [-0.4, -0.2) is 13.4 Å². The van der Waals surface area contributed by atoms with Crippen molar-refractivity contribution in [2.24, 2.45) is 5.92 Å². The Labute approximate surface area is 78.5 Å². The number of rotatable bonds is 1. The van der Waals surface area contributed by atoms with E-state index in [1.54, 1.807) is 0 Å². The van der Waals surface area contributed by atoms with Crippen LogP contribution in [0.2, 0.25) is 0 Å². The highest BCUT2D eigenvalue weighted by atomic mass is 16.7. The van der Waals surface area contributed by atoms with Gasteiger partial charge in [-0.15, -0.1) is 0 Å². The molecule has 1 aliphatic rings. The Kier molecular flexibility index (Phi) is 2.62. The fraction of sp³-hybridized carbons (Fsp3) is 0.455. The van der Waals surface area contributed by atoms with E-state index in [1.165, 1.54) is 5.56 Å². The van der Waals surface area contributed by atoms with Crippen molar-refractivity contribution in [2.45, 2.75) is 13.0 Å². The standard InChI is InChI=1S/C11H14O2/c1-9-7-12-8-13-11(9)10-5-3-2-4-6-10/h2-6,9,11H,7-8H2,1H3/t9-,11-/m0/s1. The molecule has 13 heavy (non-hydrogen) atoms. The molecule has 1 heterocycles. The van der Waals surface area contributed by atoms with E-state index in [2.05, 4.69) is 19.1 Å². The lowest BCUT2D eigenvalue weighted by Gasteiger charge is -2.29. The molecule has 1 aromatic rings. The predicted molar refractivity (Wildman–Crippen MR) is 50.3 cm³/mol. The highest BCUT2D eigenvalue weighted by molar-refractivity contribution is 5.18. The quantitative estimate of drug-likeness (QED) is 0.657. The maximum absolute atomic E-state index is 5.55. The zero-order chi connectivity index (χ0) is 9.10. The second kappa shape index (κ2) is 3.90. The van der Waals surface area contributed by atoms with Gasteiger partial charge in [-0.1, -0.05) is 37.3 Å². The van der Waals surface area contributed by atoms with Crippen LogP contribution in [0.1, 0.15) is 18.6 Å². The molecule has 0 aliphatic carbocycles. The van der Waals surface area contributed by atoms with Crippen molar-refractivity contribution >= 4 is 0 Å². The molecule has 0 N–H and O–H groups in total. The third kappa shape index (κ3) is 1.90. The monoisotopic (exact) mass is 178 g/mol. The Morgan fingerprint density at radius 2 is 2.00 bits per heavy atom. The predicted octanol–water partition coefficient (Wildman–Crippen LogP) is 2.37. The van der Waals surface area contributed by atoms with E-state index < -0.39 is 0 Å². The first-order chi connectivity index (χ1) is 6.38. The van der Waals surface area contributed by atoms with Crippen LogP contribution in [0.15, 0.2) is 30.3 Å². The van der Waals surface area contributed by atoms with Crippen molar-refractivity contribution in [3.63, 3.8) is 0 Å². The first kappa shape index (κ1) is 8.73. The molecule has 2 nitrogen and oxygen atoms in total. The van der Waals surface area contributed by atoms with Gasteiger partial charge in [0, 0.05) is 5.92 Å². The lowest BCUT2D eigenvalue weighted by atomic mass is 9.97. The third-order valence-corrected chi connectivity index (χ3v) is 2.36. The van der Waals surface area contributed by atoms with Crippen LogP contribution >= 0.6 is 0 Å². The van der Waals surface area contributed by atoms with Crippen molar-refractivity contribution < 1.29 is 9.47 Å². The number of ether oxygens (including phenoxy) is 2. The zero-order valence-electron chi connectivity index (χ0n) is 7.77. The summed E-state index contributed by atoms with van der Waals surface area (Å²) in [6, 6.07) is 10.3. The van der Waals surface area contributed by atoms with Gasteiger partial charge in [-0.3, -0.25) is 0 Å². The second-order valence-corrected chi connectivity index (χ2v) is 3.46. The van der Waals surface area contributed by atoms with Crippen molar-refractivity contribution in [3.8, 4) is 0 Å². The molecule has 2 rings (SSSR count).